The Hall–Kier alpha value is -0.0800. The molecule has 3 heteroatoms. The van der Waals surface area contributed by atoms with E-state index in [1.54, 1.807) is 0 Å². The Morgan fingerprint density at radius 2 is 1.25 bits per heavy atom. The fourth-order valence-corrected chi connectivity index (χ4v) is 0. The Morgan fingerprint density at radius 3 is 1.25 bits per heavy atom. The van der Waals surface area contributed by atoms with Gasteiger partial charge in [0.25, 0.3) is 0 Å². The van der Waals surface area contributed by atoms with Crippen molar-refractivity contribution < 1.29 is 4.79 Å². The maximum Gasteiger partial charge on any atom is 0.106 e. The van der Waals surface area contributed by atoms with Gasteiger partial charge in [0.2, 0.25) is 0 Å². The van der Waals surface area contributed by atoms with Crippen LogP contribution in [0.2, 0.25) is 0 Å². The molecule has 0 atom stereocenters. The first-order valence-electron chi connectivity index (χ1n) is 0.289. The van der Waals surface area contributed by atoms with Crippen LogP contribution in [0.15, 0.2) is 0 Å². The summed E-state index contributed by atoms with van der Waals surface area (Å²) in [6.07, 6.45) is 0. The molecule has 4 heavy (non-hydrogen) atoms. The van der Waals surface area contributed by atoms with Crippen molar-refractivity contribution in [3.05, 3.63) is 0 Å². The van der Waals surface area contributed by atoms with Gasteiger partial charge in [-0.2, -0.15) is 0 Å². The molecule has 0 saturated heterocycles. The van der Waals surface area contributed by atoms with E-state index in [0.29, 0.717) is 0 Å². The Balaban J connectivity index is -0.00000000500. The minimum atomic E-state index is 0. The predicted octanol–water partition coefficient (Wildman–Crippen LogP) is 0.399. The summed E-state index contributed by atoms with van der Waals surface area (Å²) in [4.78, 5) is 8.00. The van der Waals surface area contributed by atoms with Crippen molar-refractivity contribution in [2.24, 2.45) is 0 Å². The van der Waals surface area contributed by atoms with E-state index in [2.05, 4.69) is 0 Å². The maximum absolute atomic E-state index is 8.00. The average Bonchev–Trinajstić information content (AvgIpc) is 1.00. The summed E-state index contributed by atoms with van der Waals surface area (Å²) in [7, 11) is 0. The lowest BCUT2D eigenvalue weighted by molar-refractivity contribution is -0.0979. The lowest BCUT2D eigenvalue weighted by Crippen LogP contribution is -0.925. The average molecular weight is 83.5 g/mol. The van der Waals surface area contributed by atoms with Crippen molar-refractivity contribution in [1.82, 2.24) is 6.15 Å². The Kier molecular flexibility index (Phi) is 16600. The molecule has 0 amide bonds. The van der Waals surface area contributed by atoms with Crippen molar-refractivity contribution >= 4 is 19.2 Å². The molecular weight excluding hydrogens is 77.5 g/mol. The standard InChI is InChI=1S/CH2O.ClH.H3N/c1-2;;/h1H2;1H;1H3. The normalized spacial score (nSPS) is 1.00. The molecule has 28 valence electrons. The minimum Gasteiger partial charge on any atom is -0.344 e. The zero-order chi connectivity index (χ0) is 2.00. The zero-order valence-corrected chi connectivity index (χ0v) is 3.05. The van der Waals surface area contributed by atoms with Gasteiger partial charge in [-0.25, -0.2) is 0 Å². The number of hydrogen-bond acceptors (Lipinski definition) is 2. The van der Waals surface area contributed by atoms with E-state index in [0.717, 1.165) is 0 Å². The second kappa shape index (κ2) is 1680. The summed E-state index contributed by atoms with van der Waals surface area (Å²) in [5.74, 6) is 0. The highest BCUT2D eigenvalue weighted by molar-refractivity contribution is 5.85. The van der Waals surface area contributed by atoms with Gasteiger partial charge in [0, 0.05) is 0 Å². The third-order valence-corrected chi connectivity index (χ3v) is 0. The van der Waals surface area contributed by atoms with E-state index in [4.69, 9.17) is 4.79 Å². The van der Waals surface area contributed by atoms with E-state index in [9.17, 15) is 0 Å². The van der Waals surface area contributed by atoms with Crippen LogP contribution in [0.1, 0.15) is 0 Å². The smallest absolute Gasteiger partial charge is 0.106 e. The Bertz CT molecular complexity index is 8.00. The first kappa shape index (κ1) is 39.5. The van der Waals surface area contributed by atoms with Crippen LogP contribution >= 0.6 is 12.4 Å². The number of carbonyl (C=O) groups excluding carboxylic acids is 1. The first-order chi connectivity index (χ1) is 1.00. The van der Waals surface area contributed by atoms with Crippen LogP contribution in [0.5, 0.6) is 0 Å². The monoisotopic (exact) mass is 83.0 g/mol. The molecule has 0 aliphatic carbocycles. The van der Waals surface area contributed by atoms with E-state index in [1.807, 2.05) is 6.79 Å². The summed E-state index contributed by atoms with van der Waals surface area (Å²) < 4.78 is 0. The summed E-state index contributed by atoms with van der Waals surface area (Å²) in [6.45, 7) is 2.00. The molecule has 0 aliphatic rings. The Labute approximate surface area is 31.2 Å². The largest absolute Gasteiger partial charge is 0.344 e. The molecule has 0 fully saturated rings. The van der Waals surface area contributed by atoms with Gasteiger partial charge in [0.15, 0.2) is 0 Å². The van der Waals surface area contributed by atoms with E-state index in [1.165, 1.54) is 0 Å². The predicted molar refractivity (Wildman–Crippen MR) is 19.4 cm³/mol. The van der Waals surface area contributed by atoms with Crippen LogP contribution < -0.4 is 6.15 Å². The van der Waals surface area contributed by atoms with Gasteiger partial charge in [-0.1, -0.05) is 0 Å². The third kappa shape index (κ3) is 254. The lowest BCUT2D eigenvalue weighted by Gasteiger charge is -0.837. The van der Waals surface area contributed by atoms with Crippen molar-refractivity contribution in [3.8, 4) is 0 Å². The molecule has 0 rings (SSSR count). The topological polar surface area (TPSA) is 52.1 Å². The van der Waals surface area contributed by atoms with Crippen LogP contribution in [0, 0.1) is 0 Å². The van der Waals surface area contributed by atoms with E-state index >= 15 is 0 Å². The highest BCUT2D eigenvalue weighted by Crippen LogP contribution is 0.690. The van der Waals surface area contributed by atoms with Gasteiger partial charge in [-0.15, -0.1) is 12.4 Å². The SMILES string of the molecule is C=O.Cl.N. The lowest BCUT2D eigenvalue weighted by atomic mass is 11.9. The number of hydrogen-bond donors (Lipinski definition) is 1. The number of carbonyl (C=O) groups is 1. The first-order valence-corrected chi connectivity index (χ1v) is 0.289. The molecule has 0 aromatic heterocycles. The molecule has 0 saturated carbocycles. The molecular formula is CH6ClNO. The minimum absolute atomic E-state index is 0. The molecule has 0 heterocycles. The quantitative estimate of drug-likeness (QED) is 0.461. The second-order valence-corrected chi connectivity index (χ2v) is 0. The third-order valence-electron chi connectivity index (χ3n) is 0. The maximum atomic E-state index is 8.00. The molecule has 2 nitrogen and oxygen atoms in total. The summed E-state index contributed by atoms with van der Waals surface area (Å²) in [5, 5.41) is 0. The van der Waals surface area contributed by atoms with Crippen molar-refractivity contribution in [2.75, 3.05) is 0 Å². The van der Waals surface area contributed by atoms with Gasteiger partial charge in [-0.3, -0.25) is 0 Å². The van der Waals surface area contributed by atoms with Crippen LogP contribution in [-0.4, -0.2) is 6.79 Å². The summed E-state index contributed by atoms with van der Waals surface area (Å²) >= 11 is 0. The number of halogens is 1. The van der Waals surface area contributed by atoms with Gasteiger partial charge in [0.1, 0.15) is 6.79 Å². The van der Waals surface area contributed by atoms with Crippen LogP contribution in [0.4, 0.5) is 0 Å². The molecule has 0 aliphatic heterocycles. The van der Waals surface area contributed by atoms with Crippen molar-refractivity contribution in [3.63, 3.8) is 0 Å². The molecule has 0 bridgehead atoms. The van der Waals surface area contributed by atoms with Gasteiger partial charge < -0.3 is 10.9 Å². The second-order valence-electron chi connectivity index (χ2n) is 0. The summed E-state index contributed by atoms with van der Waals surface area (Å²) in [6, 6.07) is 0. The zero-order valence-electron chi connectivity index (χ0n) is 2.23. The molecule has 0 aromatic rings. The van der Waals surface area contributed by atoms with Gasteiger partial charge >= 0.3 is 0 Å². The summed E-state index contributed by atoms with van der Waals surface area (Å²) in [5.41, 5.74) is 0. The highest BCUT2D eigenvalue weighted by Gasteiger charge is 0.636. The molecule has 3 N–H and O–H groups in total. The number of rotatable bonds is 0. The molecule has 0 unspecified atom stereocenters. The molecule has 0 radical (unpaired) electrons. The highest BCUT2D eigenvalue weighted by atomic mass is 35.5. The van der Waals surface area contributed by atoms with E-state index in [-0.39, 0.29) is 18.6 Å². The van der Waals surface area contributed by atoms with Gasteiger partial charge in [0.05, 0.1) is 0 Å². The van der Waals surface area contributed by atoms with Gasteiger partial charge in [-0.05, 0) is 0 Å². The van der Waals surface area contributed by atoms with Crippen molar-refractivity contribution in [1.29, 1.82) is 0 Å². The van der Waals surface area contributed by atoms with Crippen LogP contribution in [0.25, 0.3) is 0 Å². The van der Waals surface area contributed by atoms with Crippen LogP contribution in [-0.2, 0) is 4.79 Å². The Morgan fingerprint density at radius 1 is 1.25 bits per heavy atom. The fraction of sp³-hybridized carbons (Fsp3) is 0. The molecule has 0 aromatic carbocycles. The van der Waals surface area contributed by atoms with Crippen molar-refractivity contribution in [2.45, 2.75) is 0 Å². The fourth-order valence-electron chi connectivity index (χ4n) is 0. The van der Waals surface area contributed by atoms with Crippen LogP contribution in [0.3, 0.4) is 0 Å². The molecule has 0 spiro atoms. The van der Waals surface area contributed by atoms with E-state index < -0.39 is 0 Å².